The lowest BCUT2D eigenvalue weighted by Crippen LogP contribution is -2.19. The highest BCUT2D eigenvalue weighted by Gasteiger charge is 2.19. The maximum Gasteiger partial charge on any atom is 0.0429 e. The Morgan fingerprint density at radius 2 is 1.76 bits per heavy atom. The van der Waals surface area contributed by atoms with E-state index in [4.69, 9.17) is 0 Å². The molecule has 0 aliphatic carbocycles. The van der Waals surface area contributed by atoms with Gasteiger partial charge in [0.1, 0.15) is 0 Å². The highest BCUT2D eigenvalue weighted by molar-refractivity contribution is 5.88. The zero-order chi connectivity index (χ0) is 14.2. The van der Waals surface area contributed by atoms with Gasteiger partial charge in [-0.1, -0.05) is 54.1 Å². The molecule has 1 nitrogen and oxygen atoms in total. The molecule has 0 aromatic heterocycles. The Bertz CT molecular complexity index is 790. The highest BCUT2D eigenvalue weighted by Crippen LogP contribution is 2.33. The number of rotatable bonds is 2. The fourth-order valence-electron chi connectivity index (χ4n) is 3.29. The van der Waals surface area contributed by atoms with E-state index < -0.39 is 0 Å². The number of aryl methyl sites for hydroxylation is 1. The second kappa shape index (κ2) is 4.92. The summed E-state index contributed by atoms with van der Waals surface area (Å²) in [5, 5.41) is 2.72. The Hall–Kier alpha value is -2.28. The number of hydrogen-bond acceptors (Lipinski definition) is 1. The van der Waals surface area contributed by atoms with Crippen molar-refractivity contribution in [1.29, 1.82) is 0 Å². The molecular weight excluding hydrogens is 254 g/mol. The monoisotopic (exact) mass is 273 g/mol. The van der Waals surface area contributed by atoms with Crippen LogP contribution in [0.15, 0.2) is 60.7 Å². The third kappa shape index (κ3) is 2.29. The molecule has 1 aliphatic heterocycles. The van der Waals surface area contributed by atoms with Gasteiger partial charge in [-0.25, -0.2) is 0 Å². The number of anilines is 1. The van der Waals surface area contributed by atoms with Crippen molar-refractivity contribution in [3.63, 3.8) is 0 Å². The van der Waals surface area contributed by atoms with Crippen molar-refractivity contribution in [2.24, 2.45) is 0 Å². The average molecular weight is 273 g/mol. The van der Waals surface area contributed by atoms with Crippen molar-refractivity contribution < 1.29 is 0 Å². The van der Waals surface area contributed by atoms with Gasteiger partial charge < -0.3 is 4.90 Å². The van der Waals surface area contributed by atoms with Crippen molar-refractivity contribution >= 4 is 16.5 Å². The molecule has 0 saturated carbocycles. The molecule has 21 heavy (non-hydrogen) atoms. The minimum atomic E-state index is 1.01. The molecule has 0 amide bonds. The molecule has 0 saturated heterocycles. The van der Waals surface area contributed by atoms with Crippen molar-refractivity contribution in [2.45, 2.75) is 19.9 Å². The molecule has 0 radical (unpaired) electrons. The molecule has 1 heteroatoms. The predicted octanol–water partition coefficient (Wildman–Crippen LogP) is 4.71. The van der Waals surface area contributed by atoms with Crippen LogP contribution in [0.4, 0.5) is 5.69 Å². The van der Waals surface area contributed by atoms with Crippen LogP contribution in [0, 0.1) is 6.92 Å². The molecule has 0 unspecified atom stereocenters. The standard InChI is InChI=1S/C20H19N/c1-15-7-8-17-13-20-18(12-19(17)11-15)9-10-21(20)14-16-5-3-2-4-6-16/h2-8,11-13H,9-10,14H2,1H3. The van der Waals surface area contributed by atoms with Crippen LogP contribution in [0.2, 0.25) is 0 Å². The SMILES string of the molecule is Cc1ccc2cc3c(cc2c1)CCN3Cc1ccccc1. The predicted molar refractivity (Wildman–Crippen MR) is 89.9 cm³/mol. The van der Waals surface area contributed by atoms with Gasteiger partial charge in [-0.2, -0.15) is 0 Å². The first-order valence-electron chi connectivity index (χ1n) is 7.62. The van der Waals surface area contributed by atoms with E-state index in [1.54, 1.807) is 0 Å². The summed E-state index contributed by atoms with van der Waals surface area (Å²) in [4.78, 5) is 2.50. The second-order valence-corrected chi connectivity index (χ2v) is 5.99. The molecule has 104 valence electrons. The normalized spacial score (nSPS) is 13.7. The van der Waals surface area contributed by atoms with Gasteiger partial charge >= 0.3 is 0 Å². The van der Waals surface area contributed by atoms with E-state index in [1.165, 1.54) is 33.2 Å². The van der Waals surface area contributed by atoms with Gasteiger partial charge in [0.2, 0.25) is 0 Å². The van der Waals surface area contributed by atoms with Gasteiger partial charge in [0.05, 0.1) is 0 Å². The Labute approximate surface area is 125 Å². The Kier molecular flexibility index (Phi) is 2.92. The van der Waals surface area contributed by atoms with Crippen LogP contribution in [-0.4, -0.2) is 6.54 Å². The van der Waals surface area contributed by atoms with E-state index in [-0.39, 0.29) is 0 Å². The van der Waals surface area contributed by atoms with Crippen LogP contribution in [-0.2, 0) is 13.0 Å². The maximum atomic E-state index is 2.50. The number of benzene rings is 3. The molecular formula is C20H19N. The maximum absolute atomic E-state index is 2.50. The topological polar surface area (TPSA) is 3.24 Å². The molecule has 1 aliphatic rings. The van der Waals surface area contributed by atoms with E-state index in [0.29, 0.717) is 0 Å². The largest absolute Gasteiger partial charge is 0.367 e. The summed E-state index contributed by atoms with van der Waals surface area (Å²) in [6.45, 7) is 4.29. The minimum Gasteiger partial charge on any atom is -0.367 e. The Morgan fingerprint density at radius 1 is 0.905 bits per heavy atom. The van der Waals surface area contributed by atoms with Crippen molar-refractivity contribution in [1.82, 2.24) is 0 Å². The third-order valence-electron chi connectivity index (χ3n) is 4.40. The van der Waals surface area contributed by atoms with Gasteiger partial charge in [0, 0.05) is 18.8 Å². The molecule has 0 bridgehead atoms. The molecule has 1 heterocycles. The summed E-state index contributed by atoms with van der Waals surface area (Å²) in [5.74, 6) is 0. The lowest BCUT2D eigenvalue weighted by Gasteiger charge is -2.20. The van der Waals surface area contributed by atoms with E-state index in [1.807, 2.05) is 0 Å². The quantitative estimate of drug-likeness (QED) is 0.653. The molecule has 0 N–H and O–H groups in total. The molecule has 0 spiro atoms. The molecule has 0 atom stereocenters. The second-order valence-electron chi connectivity index (χ2n) is 5.99. The first kappa shape index (κ1) is 12.5. The summed E-state index contributed by atoms with van der Waals surface area (Å²) in [5.41, 5.74) is 5.62. The van der Waals surface area contributed by atoms with E-state index in [0.717, 1.165) is 19.5 Å². The lowest BCUT2D eigenvalue weighted by molar-refractivity contribution is 0.836. The fraction of sp³-hybridized carbons (Fsp3) is 0.200. The van der Waals surface area contributed by atoms with Crippen molar-refractivity contribution in [2.75, 3.05) is 11.4 Å². The first-order valence-corrected chi connectivity index (χ1v) is 7.62. The van der Waals surface area contributed by atoms with Crippen LogP contribution in [0.3, 0.4) is 0 Å². The van der Waals surface area contributed by atoms with Crippen LogP contribution in [0.5, 0.6) is 0 Å². The number of nitrogens with zero attached hydrogens (tertiary/aromatic N) is 1. The number of fused-ring (bicyclic) bond motifs is 2. The van der Waals surface area contributed by atoms with Crippen LogP contribution < -0.4 is 4.90 Å². The fourth-order valence-corrected chi connectivity index (χ4v) is 3.29. The smallest absolute Gasteiger partial charge is 0.0429 e. The van der Waals surface area contributed by atoms with Crippen LogP contribution in [0.1, 0.15) is 16.7 Å². The summed E-state index contributed by atoms with van der Waals surface area (Å²) < 4.78 is 0. The average Bonchev–Trinajstić information content (AvgIpc) is 2.88. The van der Waals surface area contributed by atoms with E-state index in [2.05, 4.69) is 72.5 Å². The van der Waals surface area contributed by atoms with Gasteiger partial charge in [-0.3, -0.25) is 0 Å². The van der Waals surface area contributed by atoms with E-state index in [9.17, 15) is 0 Å². The highest BCUT2D eigenvalue weighted by atomic mass is 15.1. The molecule has 3 aromatic carbocycles. The summed E-state index contributed by atoms with van der Waals surface area (Å²) in [7, 11) is 0. The summed E-state index contributed by atoms with van der Waals surface area (Å²) in [6.07, 6.45) is 1.16. The van der Waals surface area contributed by atoms with Crippen molar-refractivity contribution in [3.05, 3.63) is 77.4 Å². The van der Waals surface area contributed by atoms with Crippen molar-refractivity contribution in [3.8, 4) is 0 Å². The minimum absolute atomic E-state index is 1.01. The Morgan fingerprint density at radius 3 is 2.62 bits per heavy atom. The molecule has 0 fully saturated rings. The van der Waals surface area contributed by atoms with Crippen LogP contribution in [0.25, 0.3) is 10.8 Å². The van der Waals surface area contributed by atoms with Gasteiger partial charge in [-0.05, 0) is 47.4 Å². The third-order valence-corrected chi connectivity index (χ3v) is 4.40. The van der Waals surface area contributed by atoms with E-state index >= 15 is 0 Å². The zero-order valence-corrected chi connectivity index (χ0v) is 12.3. The van der Waals surface area contributed by atoms with Gasteiger partial charge in [-0.15, -0.1) is 0 Å². The lowest BCUT2D eigenvalue weighted by atomic mass is 10.0. The zero-order valence-electron chi connectivity index (χ0n) is 12.3. The van der Waals surface area contributed by atoms with Crippen LogP contribution >= 0.6 is 0 Å². The summed E-state index contributed by atoms with van der Waals surface area (Å²) >= 11 is 0. The molecule has 4 rings (SSSR count). The molecule has 3 aromatic rings. The van der Waals surface area contributed by atoms with Gasteiger partial charge in [0.25, 0.3) is 0 Å². The Balaban J connectivity index is 1.72. The number of hydrogen-bond donors (Lipinski definition) is 0. The van der Waals surface area contributed by atoms with Gasteiger partial charge in [0.15, 0.2) is 0 Å². The summed E-state index contributed by atoms with van der Waals surface area (Å²) in [6, 6.07) is 22.2. The first-order chi connectivity index (χ1) is 10.3.